The van der Waals surface area contributed by atoms with Crippen molar-refractivity contribution in [1.29, 1.82) is 0 Å². The van der Waals surface area contributed by atoms with Crippen LogP contribution in [0.5, 0.6) is 0 Å². The predicted molar refractivity (Wildman–Crippen MR) is 52.2 cm³/mol. The third kappa shape index (κ3) is 1.49. The Kier molecular flexibility index (Phi) is 2.76. The number of likely N-dealkylation sites (N-methyl/N-ethyl adjacent to an activating group) is 2. The second kappa shape index (κ2) is 3.32. The summed E-state index contributed by atoms with van der Waals surface area (Å²) in [6.45, 7) is 4.12. The van der Waals surface area contributed by atoms with Crippen LogP contribution < -0.4 is 5.73 Å². The molecule has 1 aliphatic rings. The fourth-order valence-corrected chi connectivity index (χ4v) is 2.04. The Bertz CT molecular complexity index is 146. The molecule has 1 heterocycles. The summed E-state index contributed by atoms with van der Waals surface area (Å²) in [5.74, 6) is 0. The zero-order valence-electron chi connectivity index (χ0n) is 8.67. The average molecular weight is 171 g/mol. The van der Waals surface area contributed by atoms with E-state index in [1.54, 1.807) is 0 Å². The largest absolute Gasteiger partial charge is 0.329 e. The van der Waals surface area contributed by atoms with Crippen molar-refractivity contribution in [2.24, 2.45) is 5.73 Å². The van der Waals surface area contributed by atoms with Crippen molar-refractivity contribution in [3.05, 3.63) is 0 Å². The van der Waals surface area contributed by atoms with E-state index >= 15 is 0 Å². The van der Waals surface area contributed by atoms with Crippen LogP contribution in [0.2, 0.25) is 0 Å². The lowest BCUT2D eigenvalue weighted by Crippen LogP contribution is -2.51. The Labute approximate surface area is 75.5 Å². The maximum absolute atomic E-state index is 5.83. The van der Waals surface area contributed by atoms with Gasteiger partial charge in [-0.15, -0.1) is 0 Å². The quantitative estimate of drug-likeness (QED) is 0.633. The van der Waals surface area contributed by atoms with Gasteiger partial charge in [0.25, 0.3) is 0 Å². The molecule has 0 saturated carbocycles. The number of hydrogen-bond acceptors (Lipinski definition) is 3. The molecule has 3 nitrogen and oxygen atoms in total. The van der Waals surface area contributed by atoms with E-state index in [0.29, 0.717) is 6.04 Å². The lowest BCUT2D eigenvalue weighted by Gasteiger charge is -2.34. The van der Waals surface area contributed by atoms with Gasteiger partial charge in [0.15, 0.2) is 0 Å². The zero-order chi connectivity index (χ0) is 9.35. The molecule has 0 amide bonds. The van der Waals surface area contributed by atoms with Crippen LogP contribution in [0.4, 0.5) is 0 Å². The van der Waals surface area contributed by atoms with Gasteiger partial charge in [0.1, 0.15) is 0 Å². The van der Waals surface area contributed by atoms with Crippen LogP contribution in [0.25, 0.3) is 0 Å². The molecule has 2 N–H and O–H groups in total. The van der Waals surface area contributed by atoms with Gasteiger partial charge in [-0.2, -0.15) is 0 Å². The first kappa shape index (κ1) is 9.96. The number of hydrogen-bond donors (Lipinski definition) is 1. The Morgan fingerprint density at radius 1 is 1.58 bits per heavy atom. The molecule has 1 aliphatic heterocycles. The van der Waals surface area contributed by atoms with Crippen LogP contribution >= 0.6 is 0 Å². The van der Waals surface area contributed by atoms with Gasteiger partial charge in [0.05, 0.1) is 0 Å². The van der Waals surface area contributed by atoms with E-state index in [0.717, 1.165) is 13.1 Å². The van der Waals surface area contributed by atoms with Crippen molar-refractivity contribution in [2.45, 2.75) is 24.9 Å². The molecule has 1 rings (SSSR count). The molecule has 2 atom stereocenters. The summed E-state index contributed by atoms with van der Waals surface area (Å²) in [6, 6.07) is 0.663. The predicted octanol–water partition coefficient (Wildman–Crippen LogP) is -0.0305. The molecular weight excluding hydrogens is 150 g/mol. The van der Waals surface area contributed by atoms with Crippen molar-refractivity contribution < 1.29 is 0 Å². The Hall–Kier alpha value is -0.120. The normalized spacial score (nSPS) is 38.0. The van der Waals surface area contributed by atoms with E-state index in [9.17, 15) is 0 Å². The number of likely N-dealkylation sites (tertiary alicyclic amines) is 1. The first-order chi connectivity index (χ1) is 5.52. The fraction of sp³-hybridized carbons (Fsp3) is 1.00. The summed E-state index contributed by atoms with van der Waals surface area (Å²) < 4.78 is 0. The molecule has 1 fully saturated rings. The van der Waals surface area contributed by atoms with Gasteiger partial charge < -0.3 is 15.5 Å². The molecular formula is C9H21N3. The van der Waals surface area contributed by atoms with Crippen LogP contribution in [-0.4, -0.2) is 55.6 Å². The molecule has 2 unspecified atom stereocenters. The van der Waals surface area contributed by atoms with E-state index in [-0.39, 0.29) is 5.54 Å². The molecule has 1 saturated heterocycles. The van der Waals surface area contributed by atoms with E-state index in [2.05, 4.69) is 37.9 Å². The minimum absolute atomic E-state index is 0.216. The van der Waals surface area contributed by atoms with Gasteiger partial charge in [0.2, 0.25) is 0 Å². The topological polar surface area (TPSA) is 32.5 Å². The second-order valence-corrected chi connectivity index (χ2v) is 4.29. The van der Waals surface area contributed by atoms with Gasteiger partial charge in [-0.3, -0.25) is 0 Å². The summed E-state index contributed by atoms with van der Waals surface area (Å²) in [6.07, 6.45) is 1.19. The number of rotatable bonds is 2. The second-order valence-electron chi connectivity index (χ2n) is 4.29. The summed E-state index contributed by atoms with van der Waals surface area (Å²) in [4.78, 5) is 4.65. The third-order valence-electron chi connectivity index (χ3n) is 3.30. The maximum atomic E-state index is 5.83. The van der Waals surface area contributed by atoms with E-state index in [1.807, 2.05) is 0 Å². The van der Waals surface area contributed by atoms with Crippen molar-refractivity contribution >= 4 is 0 Å². The minimum Gasteiger partial charge on any atom is -0.329 e. The van der Waals surface area contributed by atoms with Gasteiger partial charge in [-0.05, 0) is 34.5 Å². The summed E-state index contributed by atoms with van der Waals surface area (Å²) in [7, 11) is 6.42. The number of nitrogens with zero attached hydrogens (tertiary/aromatic N) is 2. The van der Waals surface area contributed by atoms with Crippen molar-refractivity contribution in [2.75, 3.05) is 34.2 Å². The molecule has 0 aliphatic carbocycles. The lowest BCUT2D eigenvalue weighted by molar-refractivity contribution is 0.167. The van der Waals surface area contributed by atoms with Crippen LogP contribution in [0.3, 0.4) is 0 Å². The molecule has 0 bridgehead atoms. The van der Waals surface area contributed by atoms with Gasteiger partial charge in [-0.25, -0.2) is 0 Å². The maximum Gasteiger partial charge on any atom is 0.0467 e. The Morgan fingerprint density at radius 2 is 2.17 bits per heavy atom. The van der Waals surface area contributed by atoms with Crippen LogP contribution in [-0.2, 0) is 0 Å². The van der Waals surface area contributed by atoms with Crippen LogP contribution in [0.15, 0.2) is 0 Å². The summed E-state index contributed by atoms with van der Waals surface area (Å²) in [5, 5.41) is 0. The first-order valence-electron chi connectivity index (χ1n) is 4.59. The molecule has 12 heavy (non-hydrogen) atoms. The highest BCUT2D eigenvalue weighted by Gasteiger charge is 2.41. The number of nitrogens with two attached hydrogens (primary N) is 1. The molecule has 0 aromatic rings. The van der Waals surface area contributed by atoms with Gasteiger partial charge in [-0.1, -0.05) is 0 Å². The van der Waals surface area contributed by atoms with Crippen LogP contribution in [0.1, 0.15) is 13.3 Å². The monoisotopic (exact) mass is 171 g/mol. The highest BCUT2D eigenvalue weighted by Crippen LogP contribution is 2.28. The molecule has 0 radical (unpaired) electrons. The Morgan fingerprint density at radius 3 is 2.33 bits per heavy atom. The molecule has 0 aromatic carbocycles. The van der Waals surface area contributed by atoms with Crippen LogP contribution in [0, 0.1) is 0 Å². The minimum atomic E-state index is 0.216. The molecule has 0 aromatic heterocycles. The van der Waals surface area contributed by atoms with E-state index in [1.165, 1.54) is 6.42 Å². The Balaban J connectivity index is 2.71. The molecule has 72 valence electrons. The molecule has 0 spiro atoms. The smallest absolute Gasteiger partial charge is 0.0467 e. The summed E-state index contributed by atoms with van der Waals surface area (Å²) >= 11 is 0. The fourth-order valence-electron chi connectivity index (χ4n) is 2.04. The van der Waals surface area contributed by atoms with Gasteiger partial charge >= 0.3 is 0 Å². The van der Waals surface area contributed by atoms with Crippen molar-refractivity contribution in [1.82, 2.24) is 9.80 Å². The van der Waals surface area contributed by atoms with Crippen molar-refractivity contribution in [3.8, 4) is 0 Å². The zero-order valence-corrected chi connectivity index (χ0v) is 8.67. The molecule has 3 heteroatoms. The van der Waals surface area contributed by atoms with Gasteiger partial charge in [0, 0.05) is 24.7 Å². The average Bonchev–Trinajstić information content (AvgIpc) is 2.29. The van der Waals surface area contributed by atoms with Crippen molar-refractivity contribution in [3.63, 3.8) is 0 Å². The van der Waals surface area contributed by atoms with E-state index < -0.39 is 0 Å². The SMILES string of the molecule is CC1CC(CN)(N(C)C)CN1C. The highest BCUT2D eigenvalue weighted by atomic mass is 15.3. The third-order valence-corrected chi connectivity index (χ3v) is 3.30. The highest BCUT2D eigenvalue weighted by molar-refractivity contribution is 5.00. The van der Waals surface area contributed by atoms with E-state index in [4.69, 9.17) is 5.73 Å². The standard InChI is InChI=1S/C9H21N3/c1-8-5-9(6-10,11(2)3)7-12(8)4/h8H,5-7,10H2,1-4H3. The summed E-state index contributed by atoms with van der Waals surface area (Å²) in [5.41, 5.74) is 6.04. The lowest BCUT2D eigenvalue weighted by atomic mass is 9.95. The first-order valence-corrected chi connectivity index (χ1v) is 4.59.